The maximum absolute atomic E-state index is 9.74. The fourth-order valence-electron chi connectivity index (χ4n) is 3.50. The van der Waals surface area contributed by atoms with Crippen LogP contribution in [0.4, 0.5) is 0 Å². The molecule has 0 aliphatic carbocycles. The monoisotopic (exact) mass is 378 g/mol. The number of nitrogens with zero attached hydrogens (tertiary/aromatic N) is 1. The summed E-state index contributed by atoms with van der Waals surface area (Å²) in [7, 11) is 0. The van der Waals surface area contributed by atoms with Gasteiger partial charge in [-0.2, -0.15) is 0 Å². The van der Waals surface area contributed by atoms with Gasteiger partial charge in [0.25, 0.3) is 0 Å². The van der Waals surface area contributed by atoms with Crippen molar-refractivity contribution in [1.82, 2.24) is 15.6 Å². The Hall–Kier alpha value is -2.79. The van der Waals surface area contributed by atoms with Crippen LogP contribution in [0.5, 0.6) is 0 Å². The van der Waals surface area contributed by atoms with Crippen molar-refractivity contribution in [2.75, 3.05) is 26.2 Å². The van der Waals surface area contributed by atoms with Gasteiger partial charge >= 0.3 is 0 Å². The van der Waals surface area contributed by atoms with Crippen LogP contribution >= 0.6 is 0 Å². The minimum absolute atomic E-state index is 0.00734. The van der Waals surface area contributed by atoms with E-state index in [1.54, 1.807) is 0 Å². The number of hydrogen-bond acceptors (Lipinski definition) is 2. The first-order valence-electron chi connectivity index (χ1n) is 9.96. The third-order valence-corrected chi connectivity index (χ3v) is 4.99. The lowest BCUT2D eigenvalue weighted by Crippen LogP contribution is -2.38. The zero-order chi connectivity index (χ0) is 19.8. The smallest absolute Gasteiger partial charge is 0.191 e. The molecule has 0 bridgehead atoms. The van der Waals surface area contributed by atoms with Crippen LogP contribution in [0.2, 0.25) is 0 Å². The average molecular weight is 379 g/mol. The first kappa shape index (κ1) is 20.0. The number of aromatic amines is 1. The minimum Gasteiger partial charge on any atom is -0.396 e. The first-order chi connectivity index (χ1) is 13.7. The van der Waals surface area contributed by atoms with Crippen LogP contribution in [0.1, 0.15) is 29.5 Å². The van der Waals surface area contributed by atoms with Gasteiger partial charge in [0.15, 0.2) is 5.96 Å². The van der Waals surface area contributed by atoms with Gasteiger partial charge in [0, 0.05) is 36.1 Å². The second kappa shape index (κ2) is 9.95. The van der Waals surface area contributed by atoms with Crippen LogP contribution in [-0.4, -0.2) is 42.3 Å². The summed E-state index contributed by atoms with van der Waals surface area (Å²) in [5, 5.41) is 17.8. The van der Waals surface area contributed by atoms with E-state index in [0.717, 1.165) is 31.0 Å². The minimum atomic E-state index is 0.00734. The topological polar surface area (TPSA) is 72.4 Å². The highest BCUT2D eigenvalue weighted by Crippen LogP contribution is 2.22. The zero-order valence-electron chi connectivity index (χ0n) is 16.7. The SMILES string of the molecule is CCNC(=NCC(CO)c1ccccc1)NCCc1c[nH]c2cccc(C)c12. The van der Waals surface area contributed by atoms with E-state index in [9.17, 15) is 5.11 Å². The van der Waals surface area contributed by atoms with Gasteiger partial charge in [-0.15, -0.1) is 0 Å². The molecule has 0 amide bonds. The molecule has 3 rings (SSSR count). The highest BCUT2D eigenvalue weighted by Gasteiger charge is 2.10. The maximum atomic E-state index is 9.74. The van der Waals surface area contributed by atoms with Crippen LogP contribution in [-0.2, 0) is 6.42 Å². The largest absolute Gasteiger partial charge is 0.396 e. The zero-order valence-corrected chi connectivity index (χ0v) is 16.7. The molecule has 1 atom stereocenters. The van der Waals surface area contributed by atoms with Crippen molar-refractivity contribution < 1.29 is 5.11 Å². The lowest BCUT2D eigenvalue weighted by atomic mass is 10.0. The molecule has 148 valence electrons. The Morgan fingerprint density at radius 1 is 1.11 bits per heavy atom. The summed E-state index contributed by atoms with van der Waals surface area (Å²) < 4.78 is 0. The van der Waals surface area contributed by atoms with Crippen molar-refractivity contribution in [3.05, 3.63) is 71.4 Å². The summed E-state index contributed by atoms with van der Waals surface area (Å²) in [6.07, 6.45) is 3.01. The maximum Gasteiger partial charge on any atom is 0.191 e. The molecule has 0 spiro atoms. The van der Waals surface area contributed by atoms with Gasteiger partial charge in [0.1, 0.15) is 0 Å². The summed E-state index contributed by atoms with van der Waals surface area (Å²) in [5.74, 6) is 0.793. The lowest BCUT2D eigenvalue weighted by molar-refractivity contribution is 0.268. The fraction of sp³-hybridized carbons (Fsp3) is 0.348. The van der Waals surface area contributed by atoms with Crippen molar-refractivity contribution in [1.29, 1.82) is 0 Å². The van der Waals surface area contributed by atoms with Crippen LogP contribution in [0, 0.1) is 6.92 Å². The second-order valence-corrected chi connectivity index (χ2v) is 7.00. The Labute approximate surface area is 166 Å². The van der Waals surface area contributed by atoms with Gasteiger partial charge in [-0.3, -0.25) is 4.99 Å². The van der Waals surface area contributed by atoms with Crippen molar-refractivity contribution >= 4 is 16.9 Å². The third-order valence-electron chi connectivity index (χ3n) is 4.99. The normalized spacial score (nSPS) is 12.9. The molecule has 1 unspecified atom stereocenters. The number of fused-ring (bicyclic) bond motifs is 1. The van der Waals surface area contributed by atoms with E-state index in [1.165, 1.54) is 22.0 Å². The molecule has 5 nitrogen and oxygen atoms in total. The number of guanidine groups is 1. The quantitative estimate of drug-likeness (QED) is 0.359. The van der Waals surface area contributed by atoms with Gasteiger partial charge < -0.3 is 20.7 Å². The Morgan fingerprint density at radius 3 is 2.68 bits per heavy atom. The van der Waals surface area contributed by atoms with E-state index < -0.39 is 0 Å². The fourth-order valence-corrected chi connectivity index (χ4v) is 3.50. The average Bonchev–Trinajstić information content (AvgIpc) is 3.14. The predicted molar refractivity (Wildman–Crippen MR) is 117 cm³/mol. The predicted octanol–water partition coefficient (Wildman–Crippen LogP) is 3.35. The molecule has 0 saturated heterocycles. The van der Waals surface area contributed by atoms with Crippen LogP contribution < -0.4 is 10.6 Å². The van der Waals surface area contributed by atoms with Crippen LogP contribution in [0.25, 0.3) is 10.9 Å². The Balaban J connectivity index is 1.61. The van der Waals surface area contributed by atoms with Crippen LogP contribution in [0.3, 0.4) is 0 Å². The molecule has 2 aromatic carbocycles. The van der Waals surface area contributed by atoms with Crippen molar-refractivity contribution in [3.63, 3.8) is 0 Å². The summed E-state index contributed by atoms with van der Waals surface area (Å²) >= 11 is 0. The molecule has 28 heavy (non-hydrogen) atoms. The molecule has 3 aromatic rings. The number of aromatic nitrogens is 1. The van der Waals surface area contributed by atoms with Crippen molar-refractivity contribution in [3.8, 4) is 0 Å². The summed E-state index contributed by atoms with van der Waals surface area (Å²) in [4.78, 5) is 8.04. The number of nitrogens with one attached hydrogen (secondary N) is 3. The summed E-state index contributed by atoms with van der Waals surface area (Å²) in [6.45, 7) is 6.43. The Bertz CT molecular complexity index is 901. The van der Waals surface area contributed by atoms with E-state index in [1.807, 2.05) is 30.3 Å². The molecule has 1 aromatic heterocycles. The molecule has 0 aliphatic heterocycles. The Morgan fingerprint density at radius 2 is 1.93 bits per heavy atom. The third kappa shape index (κ3) is 4.93. The van der Waals surface area contributed by atoms with Gasteiger partial charge in [-0.25, -0.2) is 0 Å². The molecule has 1 heterocycles. The van der Waals surface area contributed by atoms with Gasteiger partial charge in [0.05, 0.1) is 13.2 Å². The number of aliphatic imine (C=N–C) groups is 1. The second-order valence-electron chi connectivity index (χ2n) is 7.00. The van der Waals surface area contributed by atoms with E-state index in [0.29, 0.717) is 6.54 Å². The van der Waals surface area contributed by atoms with E-state index in [4.69, 9.17) is 0 Å². The van der Waals surface area contributed by atoms with Crippen molar-refractivity contribution in [2.24, 2.45) is 4.99 Å². The number of aryl methyl sites for hydroxylation is 1. The molecule has 0 fully saturated rings. The number of benzene rings is 2. The Kier molecular flexibility index (Phi) is 7.09. The van der Waals surface area contributed by atoms with Gasteiger partial charge in [-0.05, 0) is 43.0 Å². The summed E-state index contributed by atoms with van der Waals surface area (Å²) in [6, 6.07) is 16.4. The van der Waals surface area contributed by atoms with E-state index in [2.05, 4.69) is 58.9 Å². The summed E-state index contributed by atoms with van der Waals surface area (Å²) in [5.41, 5.74) is 4.90. The molecular weight excluding hydrogens is 348 g/mol. The molecule has 5 heteroatoms. The number of aliphatic hydroxyl groups excluding tert-OH is 1. The first-order valence-corrected chi connectivity index (χ1v) is 9.96. The standard InChI is InChI=1S/C23H30N4O/c1-3-24-23(27-15-20(16-28)18-9-5-4-6-10-18)25-13-12-19-14-26-21-11-7-8-17(2)22(19)21/h4-11,14,20,26,28H,3,12-13,15-16H2,1-2H3,(H2,24,25,27). The van der Waals surface area contributed by atoms with E-state index in [-0.39, 0.29) is 12.5 Å². The van der Waals surface area contributed by atoms with Crippen molar-refractivity contribution in [2.45, 2.75) is 26.2 Å². The molecule has 0 saturated carbocycles. The molecule has 4 N–H and O–H groups in total. The van der Waals surface area contributed by atoms with Gasteiger partial charge in [0.2, 0.25) is 0 Å². The number of aliphatic hydroxyl groups is 1. The molecular formula is C23H30N4O. The van der Waals surface area contributed by atoms with E-state index >= 15 is 0 Å². The molecule has 0 aliphatic rings. The highest BCUT2D eigenvalue weighted by molar-refractivity contribution is 5.86. The molecule has 0 radical (unpaired) electrons. The van der Waals surface area contributed by atoms with Crippen LogP contribution in [0.15, 0.2) is 59.7 Å². The number of rotatable bonds is 8. The number of hydrogen-bond donors (Lipinski definition) is 4. The van der Waals surface area contributed by atoms with Gasteiger partial charge in [-0.1, -0.05) is 42.5 Å². The highest BCUT2D eigenvalue weighted by atomic mass is 16.3. The number of H-pyrrole nitrogens is 1. The lowest BCUT2D eigenvalue weighted by Gasteiger charge is -2.15.